The molecular formula is C17H18FN3O2. The number of nitrogens with one attached hydrogen (secondary N) is 1. The van der Waals surface area contributed by atoms with Crippen LogP contribution in [0.25, 0.3) is 0 Å². The van der Waals surface area contributed by atoms with Gasteiger partial charge in [-0.15, -0.1) is 0 Å². The monoisotopic (exact) mass is 315 g/mol. The van der Waals surface area contributed by atoms with Crippen molar-refractivity contribution >= 4 is 11.7 Å². The van der Waals surface area contributed by atoms with Crippen molar-refractivity contribution in [1.82, 2.24) is 5.32 Å². The van der Waals surface area contributed by atoms with Crippen molar-refractivity contribution in [2.45, 2.75) is 13.5 Å². The minimum absolute atomic E-state index is 0.0799. The van der Waals surface area contributed by atoms with Gasteiger partial charge in [-0.2, -0.15) is 0 Å². The summed E-state index contributed by atoms with van der Waals surface area (Å²) >= 11 is 0. The number of oxime groups is 1. The molecule has 6 heteroatoms. The molecule has 23 heavy (non-hydrogen) atoms. The maximum Gasteiger partial charge on any atom is 0.261 e. The summed E-state index contributed by atoms with van der Waals surface area (Å²) in [4.78, 5) is 16.6. The molecule has 0 aliphatic rings. The summed E-state index contributed by atoms with van der Waals surface area (Å²) in [6, 6.07) is 13.3. The Labute approximate surface area is 133 Å². The van der Waals surface area contributed by atoms with Crippen LogP contribution in [0.3, 0.4) is 0 Å². The standard InChI is InChI=1S/C17H18FN3O2/c1-12-2-4-13(5-3-12)10-20-16(22)11-23-21-17(19)14-6-8-15(18)9-7-14/h2-9H,10-11H2,1H3,(H2,19,21)(H,20,22). The third-order valence-corrected chi connectivity index (χ3v) is 3.11. The van der Waals surface area contributed by atoms with Crippen molar-refractivity contribution in [3.05, 3.63) is 71.0 Å². The van der Waals surface area contributed by atoms with Crippen LogP contribution in [-0.2, 0) is 16.2 Å². The Morgan fingerprint density at radius 1 is 1.17 bits per heavy atom. The molecule has 2 aromatic carbocycles. The Kier molecular flexibility index (Phi) is 5.68. The van der Waals surface area contributed by atoms with Gasteiger partial charge in [0, 0.05) is 12.1 Å². The molecule has 0 saturated heterocycles. The average molecular weight is 315 g/mol. The van der Waals surface area contributed by atoms with Crippen molar-refractivity contribution < 1.29 is 14.0 Å². The maximum atomic E-state index is 12.8. The van der Waals surface area contributed by atoms with Gasteiger partial charge >= 0.3 is 0 Å². The van der Waals surface area contributed by atoms with Crippen LogP contribution in [0.15, 0.2) is 53.7 Å². The Hall–Kier alpha value is -2.89. The molecule has 0 atom stereocenters. The van der Waals surface area contributed by atoms with Crippen LogP contribution in [-0.4, -0.2) is 18.3 Å². The van der Waals surface area contributed by atoms with Gasteiger partial charge in [-0.25, -0.2) is 4.39 Å². The number of amides is 1. The second-order valence-electron chi connectivity index (χ2n) is 5.02. The molecule has 3 N–H and O–H groups in total. The number of rotatable bonds is 6. The zero-order chi connectivity index (χ0) is 16.7. The molecule has 0 saturated carbocycles. The van der Waals surface area contributed by atoms with Crippen LogP contribution in [0.5, 0.6) is 0 Å². The summed E-state index contributed by atoms with van der Waals surface area (Å²) in [5.74, 6) is -0.587. The fourth-order valence-electron chi connectivity index (χ4n) is 1.79. The number of amidine groups is 1. The van der Waals surface area contributed by atoms with E-state index in [1.165, 1.54) is 24.3 Å². The number of halogens is 1. The highest BCUT2D eigenvalue weighted by Crippen LogP contribution is 2.03. The molecule has 0 aromatic heterocycles. The van der Waals surface area contributed by atoms with Gasteiger partial charge in [0.15, 0.2) is 12.4 Å². The summed E-state index contributed by atoms with van der Waals surface area (Å²) < 4.78 is 12.8. The van der Waals surface area contributed by atoms with Crippen molar-refractivity contribution in [3.63, 3.8) is 0 Å². The topological polar surface area (TPSA) is 76.7 Å². The van der Waals surface area contributed by atoms with E-state index in [4.69, 9.17) is 10.6 Å². The van der Waals surface area contributed by atoms with Gasteiger partial charge in [0.25, 0.3) is 5.91 Å². The second-order valence-corrected chi connectivity index (χ2v) is 5.02. The predicted molar refractivity (Wildman–Crippen MR) is 86.1 cm³/mol. The largest absolute Gasteiger partial charge is 0.384 e. The lowest BCUT2D eigenvalue weighted by molar-refractivity contribution is -0.125. The zero-order valence-corrected chi connectivity index (χ0v) is 12.8. The molecule has 0 heterocycles. The number of benzene rings is 2. The van der Waals surface area contributed by atoms with Crippen LogP contribution < -0.4 is 11.1 Å². The van der Waals surface area contributed by atoms with Gasteiger partial charge < -0.3 is 15.9 Å². The van der Waals surface area contributed by atoms with Gasteiger partial charge in [-0.05, 0) is 36.8 Å². The fraction of sp³-hybridized carbons (Fsp3) is 0.176. The Balaban J connectivity index is 1.76. The Morgan fingerprint density at radius 2 is 1.83 bits per heavy atom. The van der Waals surface area contributed by atoms with Gasteiger partial charge in [0.1, 0.15) is 5.82 Å². The SMILES string of the molecule is Cc1ccc(CNC(=O)CO/N=C(\N)c2ccc(F)cc2)cc1. The first-order valence-corrected chi connectivity index (χ1v) is 7.08. The van der Waals surface area contributed by atoms with Crippen LogP contribution in [0.4, 0.5) is 4.39 Å². The molecule has 0 fully saturated rings. The number of carbonyl (C=O) groups is 1. The molecule has 0 aliphatic carbocycles. The number of carbonyl (C=O) groups excluding carboxylic acids is 1. The van der Waals surface area contributed by atoms with E-state index in [0.29, 0.717) is 12.1 Å². The molecule has 0 spiro atoms. The van der Waals surface area contributed by atoms with E-state index in [9.17, 15) is 9.18 Å². The van der Waals surface area contributed by atoms with Gasteiger partial charge in [-0.3, -0.25) is 4.79 Å². The van der Waals surface area contributed by atoms with Crippen LogP contribution >= 0.6 is 0 Å². The minimum atomic E-state index is -0.363. The third kappa shape index (κ3) is 5.43. The third-order valence-electron chi connectivity index (χ3n) is 3.11. The molecule has 1 amide bonds. The van der Waals surface area contributed by atoms with E-state index in [2.05, 4.69) is 10.5 Å². The second kappa shape index (κ2) is 7.93. The summed E-state index contributed by atoms with van der Waals surface area (Å²) in [7, 11) is 0. The molecule has 0 bridgehead atoms. The van der Waals surface area contributed by atoms with E-state index >= 15 is 0 Å². The summed E-state index contributed by atoms with van der Waals surface area (Å²) in [6.45, 7) is 2.17. The van der Waals surface area contributed by atoms with E-state index in [1.807, 2.05) is 31.2 Å². The minimum Gasteiger partial charge on any atom is -0.384 e. The van der Waals surface area contributed by atoms with Crippen molar-refractivity contribution in [3.8, 4) is 0 Å². The first kappa shape index (κ1) is 16.5. The molecule has 2 rings (SSSR count). The van der Waals surface area contributed by atoms with Crippen molar-refractivity contribution in [2.24, 2.45) is 10.9 Å². The lowest BCUT2D eigenvalue weighted by Crippen LogP contribution is -2.27. The van der Waals surface area contributed by atoms with Crippen molar-refractivity contribution in [2.75, 3.05) is 6.61 Å². The zero-order valence-electron chi connectivity index (χ0n) is 12.8. The lowest BCUT2D eigenvalue weighted by Gasteiger charge is -2.05. The Bertz CT molecular complexity index is 682. The van der Waals surface area contributed by atoms with E-state index in [-0.39, 0.29) is 24.2 Å². The quantitative estimate of drug-likeness (QED) is 0.487. The number of hydrogen-bond donors (Lipinski definition) is 2. The highest BCUT2D eigenvalue weighted by Gasteiger charge is 2.03. The van der Waals surface area contributed by atoms with Crippen LogP contribution in [0.2, 0.25) is 0 Å². The first-order valence-electron chi connectivity index (χ1n) is 7.08. The molecule has 0 radical (unpaired) electrons. The molecule has 5 nitrogen and oxygen atoms in total. The lowest BCUT2D eigenvalue weighted by atomic mass is 10.1. The Morgan fingerprint density at radius 3 is 2.48 bits per heavy atom. The smallest absolute Gasteiger partial charge is 0.261 e. The molecule has 120 valence electrons. The van der Waals surface area contributed by atoms with E-state index in [1.54, 1.807) is 0 Å². The number of nitrogens with zero attached hydrogens (tertiary/aromatic N) is 1. The normalized spacial score (nSPS) is 11.1. The van der Waals surface area contributed by atoms with Gasteiger partial charge in [-0.1, -0.05) is 35.0 Å². The van der Waals surface area contributed by atoms with Gasteiger partial charge in [0.2, 0.25) is 0 Å². The maximum absolute atomic E-state index is 12.8. The van der Waals surface area contributed by atoms with E-state index in [0.717, 1.165) is 11.1 Å². The molecule has 2 aromatic rings. The van der Waals surface area contributed by atoms with Gasteiger partial charge in [0.05, 0.1) is 0 Å². The average Bonchev–Trinajstić information content (AvgIpc) is 2.55. The highest BCUT2D eigenvalue weighted by molar-refractivity contribution is 5.97. The highest BCUT2D eigenvalue weighted by atomic mass is 19.1. The van der Waals surface area contributed by atoms with Crippen molar-refractivity contribution in [1.29, 1.82) is 0 Å². The molecule has 0 unspecified atom stereocenters. The first-order chi connectivity index (χ1) is 11.0. The van der Waals surface area contributed by atoms with Crippen LogP contribution in [0.1, 0.15) is 16.7 Å². The number of aryl methyl sites for hydroxylation is 1. The molecule has 0 aliphatic heterocycles. The van der Waals surface area contributed by atoms with Crippen LogP contribution in [0, 0.1) is 12.7 Å². The fourth-order valence-corrected chi connectivity index (χ4v) is 1.79. The number of hydrogen-bond acceptors (Lipinski definition) is 3. The predicted octanol–water partition coefficient (Wildman–Crippen LogP) is 2.09. The molecular weight excluding hydrogens is 297 g/mol. The van der Waals surface area contributed by atoms with E-state index < -0.39 is 0 Å². The summed E-state index contributed by atoms with van der Waals surface area (Å²) in [5.41, 5.74) is 8.36. The summed E-state index contributed by atoms with van der Waals surface area (Å²) in [5, 5.41) is 6.36. The number of nitrogens with two attached hydrogens (primary N) is 1. The summed E-state index contributed by atoms with van der Waals surface area (Å²) in [6.07, 6.45) is 0.